The van der Waals surface area contributed by atoms with Gasteiger partial charge in [-0.15, -0.1) is 11.3 Å². The Bertz CT molecular complexity index is 707. The van der Waals surface area contributed by atoms with Crippen molar-refractivity contribution in [1.29, 1.82) is 0 Å². The zero-order chi connectivity index (χ0) is 13.2. The summed E-state index contributed by atoms with van der Waals surface area (Å²) in [6.45, 7) is 0.612. The van der Waals surface area contributed by atoms with Crippen LogP contribution in [0.15, 0.2) is 44.4 Å². The van der Waals surface area contributed by atoms with Gasteiger partial charge in [0, 0.05) is 24.2 Å². The van der Waals surface area contributed by atoms with Crippen LogP contribution in [-0.4, -0.2) is 20.9 Å². The van der Waals surface area contributed by atoms with Crippen LogP contribution in [0, 0.1) is 0 Å². The minimum atomic E-state index is 0.612. The van der Waals surface area contributed by atoms with E-state index in [1.165, 1.54) is 0 Å². The van der Waals surface area contributed by atoms with E-state index in [2.05, 4.69) is 30.3 Å². The first-order valence-corrected chi connectivity index (χ1v) is 8.21. The topological polar surface area (TPSA) is 56.2 Å². The summed E-state index contributed by atoms with van der Waals surface area (Å²) in [4.78, 5) is 10.0. The van der Waals surface area contributed by atoms with E-state index >= 15 is 0 Å². The lowest BCUT2D eigenvalue weighted by atomic mass is 10.3. The summed E-state index contributed by atoms with van der Waals surface area (Å²) in [6, 6.07) is 3.89. The summed E-state index contributed by atoms with van der Waals surface area (Å²) in [6.07, 6.45) is 4.63. The molecular weight excluding hydrogens is 344 g/mol. The molecular formula is C12H11BrN4S2. The van der Waals surface area contributed by atoms with Gasteiger partial charge in [-0.05, 0) is 46.4 Å². The van der Waals surface area contributed by atoms with E-state index in [1.807, 2.05) is 23.7 Å². The van der Waals surface area contributed by atoms with Crippen LogP contribution in [-0.2, 0) is 6.42 Å². The molecule has 0 aliphatic heterocycles. The van der Waals surface area contributed by atoms with Crippen molar-refractivity contribution in [2.24, 2.45) is 5.73 Å². The first-order valence-electron chi connectivity index (χ1n) is 5.72. The highest BCUT2D eigenvalue weighted by Crippen LogP contribution is 2.34. The smallest absolute Gasteiger partial charge is 0.194 e. The molecule has 2 N–H and O–H groups in total. The van der Waals surface area contributed by atoms with Crippen molar-refractivity contribution in [3.8, 4) is 0 Å². The number of pyridine rings is 1. The van der Waals surface area contributed by atoms with Crippen LogP contribution < -0.4 is 5.73 Å². The zero-order valence-electron chi connectivity index (χ0n) is 9.91. The predicted octanol–water partition coefficient (Wildman–Crippen LogP) is 3.21. The molecule has 3 rings (SSSR count). The van der Waals surface area contributed by atoms with E-state index in [4.69, 9.17) is 5.73 Å². The van der Waals surface area contributed by atoms with Crippen LogP contribution in [0.3, 0.4) is 0 Å². The van der Waals surface area contributed by atoms with Gasteiger partial charge in [-0.2, -0.15) is 0 Å². The van der Waals surface area contributed by atoms with Crippen molar-refractivity contribution in [1.82, 2.24) is 14.4 Å². The molecule has 0 fully saturated rings. The minimum absolute atomic E-state index is 0.612. The van der Waals surface area contributed by atoms with E-state index in [0.717, 1.165) is 31.6 Å². The van der Waals surface area contributed by atoms with Crippen LogP contribution >= 0.6 is 39.0 Å². The van der Waals surface area contributed by atoms with Crippen LogP contribution in [0.25, 0.3) is 4.96 Å². The van der Waals surface area contributed by atoms with E-state index in [-0.39, 0.29) is 0 Å². The SMILES string of the molecule is NCCc1c(Sc2ncccc2Br)nc2sccn12. The lowest BCUT2D eigenvalue weighted by molar-refractivity contribution is 0.878. The lowest BCUT2D eigenvalue weighted by Gasteiger charge is -2.03. The number of imidazole rings is 1. The highest BCUT2D eigenvalue weighted by atomic mass is 79.9. The number of hydrogen-bond acceptors (Lipinski definition) is 5. The molecule has 98 valence electrons. The van der Waals surface area contributed by atoms with E-state index in [0.29, 0.717) is 6.54 Å². The van der Waals surface area contributed by atoms with E-state index in [1.54, 1.807) is 29.3 Å². The maximum Gasteiger partial charge on any atom is 0.194 e. The zero-order valence-corrected chi connectivity index (χ0v) is 13.1. The van der Waals surface area contributed by atoms with Crippen molar-refractivity contribution >= 4 is 44.0 Å². The second kappa shape index (κ2) is 5.62. The molecule has 0 aliphatic rings. The van der Waals surface area contributed by atoms with Gasteiger partial charge >= 0.3 is 0 Å². The van der Waals surface area contributed by atoms with E-state index in [9.17, 15) is 0 Å². The molecule has 0 unspecified atom stereocenters. The Morgan fingerprint density at radius 1 is 1.42 bits per heavy atom. The third-order valence-corrected chi connectivity index (χ3v) is 5.32. The maximum atomic E-state index is 5.70. The standard InChI is InChI=1S/C12H11BrN4S2/c13-8-2-1-5-15-10(8)19-11-9(3-4-14)17-6-7-18-12(17)16-11/h1-2,5-7H,3-4,14H2. The number of thiazole rings is 1. The molecule has 0 saturated heterocycles. The molecule has 3 aromatic rings. The van der Waals surface area contributed by atoms with Gasteiger partial charge in [0.15, 0.2) is 4.96 Å². The quantitative estimate of drug-likeness (QED) is 0.781. The second-order valence-electron chi connectivity index (χ2n) is 3.85. The summed E-state index contributed by atoms with van der Waals surface area (Å²) in [7, 11) is 0. The summed E-state index contributed by atoms with van der Waals surface area (Å²) < 4.78 is 3.09. The van der Waals surface area contributed by atoms with Crippen LogP contribution in [0.1, 0.15) is 5.69 Å². The third-order valence-electron chi connectivity index (χ3n) is 2.62. The number of fused-ring (bicyclic) bond motifs is 1. The molecule has 7 heteroatoms. The highest BCUT2D eigenvalue weighted by Gasteiger charge is 2.15. The maximum absolute atomic E-state index is 5.70. The number of rotatable bonds is 4. The Morgan fingerprint density at radius 2 is 2.32 bits per heavy atom. The first-order chi connectivity index (χ1) is 9.29. The average molecular weight is 355 g/mol. The number of hydrogen-bond donors (Lipinski definition) is 1. The molecule has 0 spiro atoms. The van der Waals surface area contributed by atoms with Gasteiger partial charge in [-0.1, -0.05) is 0 Å². The molecule has 0 bridgehead atoms. The molecule has 0 aromatic carbocycles. The Morgan fingerprint density at radius 3 is 3.11 bits per heavy atom. The number of aromatic nitrogens is 3. The van der Waals surface area contributed by atoms with Crippen LogP contribution in [0.5, 0.6) is 0 Å². The second-order valence-corrected chi connectivity index (χ2v) is 6.56. The predicted molar refractivity (Wildman–Crippen MR) is 81.9 cm³/mol. The Balaban J connectivity index is 2.02. The minimum Gasteiger partial charge on any atom is -0.330 e. The number of nitrogens with zero attached hydrogens (tertiary/aromatic N) is 3. The highest BCUT2D eigenvalue weighted by molar-refractivity contribution is 9.10. The molecule has 3 heterocycles. The van der Waals surface area contributed by atoms with Crippen LogP contribution in [0.2, 0.25) is 0 Å². The molecule has 4 nitrogen and oxygen atoms in total. The Hall–Kier alpha value is -0.890. The van der Waals surface area contributed by atoms with Gasteiger partial charge in [-0.3, -0.25) is 4.40 Å². The first kappa shape index (κ1) is 13.1. The van der Waals surface area contributed by atoms with Crippen molar-refractivity contribution in [3.63, 3.8) is 0 Å². The van der Waals surface area contributed by atoms with Gasteiger partial charge in [0.1, 0.15) is 10.1 Å². The number of nitrogens with two attached hydrogens (primary N) is 1. The van der Waals surface area contributed by atoms with E-state index < -0.39 is 0 Å². The fourth-order valence-electron chi connectivity index (χ4n) is 1.80. The van der Waals surface area contributed by atoms with Crippen LogP contribution in [0.4, 0.5) is 0 Å². The van der Waals surface area contributed by atoms with Crippen molar-refractivity contribution in [2.45, 2.75) is 16.5 Å². The van der Waals surface area contributed by atoms with Crippen molar-refractivity contribution in [3.05, 3.63) is 40.1 Å². The van der Waals surface area contributed by atoms with Gasteiger partial charge < -0.3 is 5.73 Å². The Kier molecular flexibility index (Phi) is 3.88. The van der Waals surface area contributed by atoms with Crippen molar-refractivity contribution < 1.29 is 0 Å². The largest absolute Gasteiger partial charge is 0.330 e. The molecule has 0 atom stereocenters. The lowest BCUT2D eigenvalue weighted by Crippen LogP contribution is -2.05. The average Bonchev–Trinajstić information content (AvgIpc) is 2.96. The fourth-order valence-corrected chi connectivity index (χ4v) is 4.00. The van der Waals surface area contributed by atoms with Gasteiger partial charge in [0.25, 0.3) is 0 Å². The molecule has 0 radical (unpaired) electrons. The molecule has 0 aliphatic carbocycles. The summed E-state index contributed by atoms with van der Waals surface area (Å²) in [5.41, 5.74) is 6.85. The number of halogens is 1. The fraction of sp³-hybridized carbons (Fsp3) is 0.167. The normalized spacial score (nSPS) is 11.3. The molecule has 3 aromatic heterocycles. The molecule has 0 saturated carbocycles. The molecule has 19 heavy (non-hydrogen) atoms. The summed E-state index contributed by atoms with van der Waals surface area (Å²) in [5, 5.41) is 3.94. The summed E-state index contributed by atoms with van der Waals surface area (Å²) in [5.74, 6) is 0. The monoisotopic (exact) mass is 354 g/mol. The third kappa shape index (κ3) is 2.55. The molecule has 0 amide bonds. The van der Waals surface area contributed by atoms with Gasteiger partial charge in [0.05, 0.1) is 10.2 Å². The van der Waals surface area contributed by atoms with Gasteiger partial charge in [0.2, 0.25) is 0 Å². The Labute approximate surface area is 127 Å². The van der Waals surface area contributed by atoms with Crippen molar-refractivity contribution in [2.75, 3.05) is 6.54 Å². The summed E-state index contributed by atoms with van der Waals surface area (Å²) >= 11 is 6.71. The van der Waals surface area contributed by atoms with Gasteiger partial charge in [-0.25, -0.2) is 9.97 Å².